The van der Waals surface area contributed by atoms with E-state index in [0.717, 1.165) is 14.9 Å². The Labute approximate surface area is 229 Å². The van der Waals surface area contributed by atoms with Crippen LogP contribution in [0.15, 0.2) is 93.9 Å². The van der Waals surface area contributed by atoms with Crippen molar-refractivity contribution in [1.29, 1.82) is 0 Å². The van der Waals surface area contributed by atoms with Gasteiger partial charge in [-0.05, 0) is 83.1 Å². The summed E-state index contributed by atoms with van der Waals surface area (Å²) in [6, 6.07) is 19.8. The Hall–Kier alpha value is -3.57. The van der Waals surface area contributed by atoms with E-state index in [1.165, 1.54) is 28.0 Å². The predicted octanol–water partition coefficient (Wildman–Crippen LogP) is 4.63. The summed E-state index contributed by atoms with van der Waals surface area (Å²) in [4.78, 5) is 32.4. The minimum Gasteiger partial charge on any atom is -0.496 e. The monoisotopic (exact) mass is 625 g/mol. The zero-order valence-corrected chi connectivity index (χ0v) is 22.8. The summed E-state index contributed by atoms with van der Waals surface area (Å²) in [7, 11) is 1.61. The number of hydrogen-bond donors (Lipinski definition) is 1. The lowest BCUT2D eigenvalue weighted by Crippen LogP contribution is -2.40. The van der Waals surface area contributed by atoms with Crippen LogP contribution in [0.4, 0.5) is 10.1 Å². The van der Waals surface area contributed by atoms with Crippen LogP contribution in [0.5, 0.6) is 5.75 Å². The molecule has 1 aromatic heterocycles. The van der Waals surface area contributed by atoms with Gasteiger partial charge in [0.2, 0.25) is 0 Å². The van der Waals surface area contributed by atoms with Crippen LogP contribution in [0.3, 0.4) is 0 Å². The molecule has 1 amide bonds. The van der Waals surface area contributed by atoms with E-state index in [1.54, 1.807) is 44.4 Å². The zero-order chi connectivity index (χ0) is 26.1. The molecule has 6 nitrogen and oxygen atoms in total. The first-order valence-electron chi connectivity index (χ1n) is 11.3. The van der Waals surface area contributed by atoms with E-state index < -0.39 is 11.9 Å². The summed E-state index contributed by atoms with van der Waals surface area (Å²) < 4.78 is 22.0. The molecule has 5 rings (SSSR count). The number of nitrogens with one attached hydrogen (secondary N) is 1. The second-order valence-corrected chi connectivity index (χ2v) is 10.5. The Morgan fingerprint density at radius 1 is 1.14 bits per heavy atom. The third-order valence-electron chi connectivity index (χ3n) is 5.96. The molecule has 0 spiro atoms. The van der Waals surface area contributed by atoms with Gasteiger partial charge in [0.1, 0.15) is 11.6 Å². The van der Waals surface area contributed by atoms with E-state index >= 15 is 0 Å². The van der Waals surface area contributed by atoms with Crippen LogP contribution in [-0.4, -0.2) is 17.6 Å². The lowest BCUT2D eigenvalue weighted by molar-refractivity contribution is -0.113. The van der Waals surface area contributed by atoms with E-state index in [0.29, 0.717) is 31.9 Å². The van der Waals surface area contributed by atoms with Gasteiger partial charge in [-0.25, -0.2) is 9.38 Å². The summed E-state index contributed by atoms with van der Waals surface area (Å²) in [6.45, 7) is 1.75. The van der Waals surface area contributed by atoms with Crippen molar-refractivity contribution in [3.05, 3.63) is 124 Å². The van der Waals surface area contributed by atoms with Crippen molar-refractivity contribution in [2.45, 2.75) is 13.0 Å². The Bertz CT molecular complexity index is 1710. The first kappa shape index (κ1) is 25.1. The Kier molecular flexibility index (Phi) is 7.07. The molecule has 0 saturated carbocycles. The number of carbonyl (C=O) groups is 1. The van der Waals surface area contributed by atoms with Gasteiger partial charge in [-0.1, -0.05) is 47.7 Å². The van der Waals surface area contributed by atoms with E-state index in [9.17, 15) is 14.0 Å². The average molecular weight is 625 g/mol. The Morgan fingerprint density at radius 2 is 1.86 bits per heavy atom. The molecule has 0 radical (unpaired) electrons. The highest BCUT2D eigenvalue weighted by Crippen LogP contribution is 2.31. The number of allylic oxidation sites excluding steroid dienone is 1. The second-order valence-electron chi connectivity index (χ2n) is 8.35. The largest absolute Gasteiger partial charge is 0.496 e. The van der Waals surface area contributed by atoms with Crippen LogP contribution >= 0.6 is 33.9 Å². The molecular formula is C28H21FIN3O3S. The van der Waals surface area contributed by atoms with Gasteiger partial charge in [0.15, 0.2) is 4.80 Å². The molecule has 1 aliphatic rings. The number of benzene rings is 3. The summed E-state index contributed by atoms with van der Waals surface area (Å²) in [5.74, 6) is -0.0257. The number of amides is 1. The van der Waals surface area contributed by atoms with Gasteiger partial charge in [0, 0.05) is 5.69 Å². The van der Waals surface area contributed by atoms with Crippen LogP contribution in [0, 0.1) is 9.39 Å². The van der Waals surface area contributed by atoms with E-state index in [4.69, 9.17) is 4.74 Å². The number of halogens is 2. The Morgan fingerprint density at radius 3 is 2.54 bits per heavy atom. The van der Waals surface area contributed by atoms with Crippen molar-refractivity contribution in [3.63, 3.8) is 0 Å². The molecular weight excluding hydrogens is 604 g/mol. The van der Waals surface area contributed by atoms with Crippen LogP contribution in [-0.2, 0) is 4.79 Å². The molecule has 186 valence electrons. The maximum absolute atomic E-state index is 13.8. The van der Waals surface area contributed by atoms with Crippen molar-refractivity contribution in [2.75, 3.05) is 12.4 Å². The maximum atomic E-state index is 13.8. The smallest absolute Gasteiger partial charge is 0.271 e. The molecule has 3 aromatic carbocycles. The fourth-order valence-corrected chi connectivity index (χ4v) is 6.02. The maximum Gasteiger partial charge on any atom is 0.271 e. The summed E-state index contributed by atoms with van der Waals surface area (Å²) in [5.41, 5.74) is 2.62. The molecule has 4 aromatic rings. The molecule has 37 heavy (non-hydrogen) atoms. The fourth-order valence-electron chi connectivity index (χ4n) is 4.22. The highest BCUT2D eigenvalue weighted by Gasteiger charge is 2.32. The third-order valence-corrected chi connectivity index (χ3v) is 7.78. The van der Waals surface area contributed by atoms with Crippen molar-refractivity contribution in [1.82, 2.24) is 4.57 Å². The number of thiazole rings is 1. The van der Waals surface area contributed by atoms with Crippen molar-refractivity contribution < 1.29 is 13.9 Å². The molecule has 1 atom stereocenters. The number of carbonyl (C=O) groups excluding carboxylic acids is 1. The van der Waals surface area contributed by atoms with Crippen LogP contribution < -0.4 is 24.9 Å². The Balaban J connectivity index is 1.66. The van der Waals surface area contributed by atoms with Gasteiger partial charge in [-0.15, -0.1) is 0 Å². The number of methoxy groups -OCH3 is 1. The highest BCUT2D eigenvalue weighted by molar-refractivity contribution is 14.1. The van der Waals surface area contributed by atoms with Crippen molar-refractivity contribution >= 4 is 51.6 Å². The normalized spacial score (nSPS) is 15.2. The molecule has 0 aliphatic carbocycles. The summed E-state index contributed by atoms with van der Waals surface area (Å²) >= 11 is 3.43. The number of anilines is 1. The van der Waals surface area contributed by atoms with E-state index in [1.807, 2.05) is 36.4 Å². The van der Waals surface area contributed by atoms with Gasteiger partial charge >= 0.3 is 0 Å². The summed E-state index contributed by atoms with van der Waals surface area (Å²) in [5, 5.41) is 2.90. The molecule has 1 unspecified atom stereocenters. The SMILES string of the molecule is COc1ccc(/C=c2\sc3n(c2=O)C(c2ccc(F)cc2)C(C(=O)Nc2ccccc2)=C(C)N=3)cc1I. The minimum absolute atomic E-state index is 0.276. The topological polar surface area (TPSA) is 72.7 Å². The average Bonchev–Trinajstić information content (AvgIpc) is 3.18. The van der Waals surface area contributed by atoms with Crippen LogP contribution in [0.2, 0.25) is 0 Å². The number of para-hydroxylation sites is 1. The molecule has 0 saturated heterocycles. The fraction of sp³-hybridized carbons (Fsp3) is 0.107. The zero-order valence-electron chi connectivity index (χ0n) is 19.9. The third kappa shape index (κ3) is 5.01. The second kappa shape index (κ2) is 10.4. The molecule has 0 bridgehead atoms. The first-order chi connectivity index (χ1) is 17.9. The standard InChI is InChI=1S/C28H21FIN3O3S/c1-16-24(26(34)32-20-6-4-3-5-7-20)25(18-9-11-19(29)12-10-18)33-27(35)23(37-28(33)31-16)15-17-8-13-22(36-2)21(30)14-17/h3-15,25H,1-2H3,(H,32,34)/b23-15-. The molecule has 0 fully saturated rings. The van der Waals surface area contributed by atoms with Gasteiger partial charge in [0.25, 0.3) is 11.5 Å². The van der Waals surface area contributed by atoms with Gasteiger partial charge in [0.05, 0.1) is 32.5 Å². The highest BCUT2D eigenvalue weighted by atomic mass is 127. The molecule has 2 heterocycles. The number of fused-ring (bicyclic) bond motifs is 1. The number of aromatic nitrogens is 1. The molecule has 9 heteroatoms. The lowest BCUT2D eigenvalue weighted by Gasteiger charge is -2.25. The first-order valence-corrected chi connectivity index (χ1v) is 13.2. The van der Waals surface area contributed by atoms with E-state index in [2.05, 4.69) is 32.9 Å². The molecule has 1 aliphatic heterocycles. The van der Waals surface area contributed by atoms with Crippen LogP contribution in [0.25, 0.3) is 6.08 Å². The predicted molar refractivity (Wildman–Crippen MR) is 151 cm³/mol. The van der Waals surface area contributed by atoms with Crippen molar-refractivity contribution in [3.8, 4) is 5.75 Å². The minimum atomic E-state index is -0.765. The van der Waals surface area contributed by atoms with Gasteiger partial charge in [-0.3, -0.25) is 14.2 Å². The van der Waals surface area contributed by atoms with Gasteiger partial charge in [-0.2, -0.15) is 0 Å². The molecule has 1 N–H and O–H groups in total. The number of nitrogens with zero attached hydrogens (tertiary/aromatic N) is 2. The quantitative estimate of drug-likeness (QED) is 0.329. The number of hydrogen-bond acceptors (Lipinski definition) is 5. The number of rotatable bonds is 5. The lowest BCUT2D eigenvalue weighted by atomic mass is 9.95. The summed E-state index contributed by atoms with van der Waals surface area (Å²) in [6.07, 6.45) is 1.80. The number of ether oxygens (including phenoxy) is 1. The van der Waals surface area contributed by atoms with Crippen molar-refractivity contribution in [2.24, 2.45) is 4.99 Å². The van der Waals surface area contributed by atoms with E-state index in [-0.39, 0.29) is 11.5 Å². The van der Waals surface area contributed by atoms with Crippen LogP contribution in [0.1, 0.15) is 24.1 Å². The van der Waals surface area contributed by atoms with Gasteiger partial charge < -0.3 is 10.1 Å².